The first-order valence-electron chi connectivity index (χ1n) is 4.37. The predicted molar refractivity (Wildman–Crippen MR) is 60.9 cm³/mol. The van der Waals surface area contributed by atoms with Gasteiger partial charge in [-0.05, 0) is 6.42 Å². The minimum Gasteiger partial charge on any atom is -0.382 e. The maximum Gasteiger partial charge on any atom is 0.285 e. The molecule has 0 saturated carbocycles. The zero-order valence-electron chi connectivity index (χ0n) is 8.23. The topological polar surface area (TPSA) is 118 Å². The van der Waals surface area contributed by atoms with Crippen molar-refractivity contribution in [2.24, 2.45) is 5.14 Å². The molecule has 0 aliphatic carbocycles. The van der Waals surface area contributed by atoms with E-state index in [9.17, 15) is 13.2 Å². The number of halogens is 1. The fraction of sp³-hybridized carbons (Fsp3) is 0.429. The molecular formula is C7H11ClN4O3S. The molecule has 0 aromatic carbocycles. The Morgan fingerprint density at radius 3 is 2.88 bits per heavy atom. The summed E-state index contributed by atoms with van der Waals surface area (Å²) in [6, 6.07) is 0. The molecule has 0 aliphatic rings. The summed E-state index contributed by atoms with van der Waals surface area (Å²) in [4.78, 5) is 11.0. The monoisotopic (exact) mass is 266 g/mol. The molecule has 16 heavy (non-hydrogen) atoms. The van der Waals surface area contributed by atoms with Gasteiger partial charge in [-0.3, -0.25) is 4.79 Å². The Balaban J connectivity index is 2.50. The van der Waals surface area contributed by atoms with Gasteiger partial charge in [0.05, 0.1) is 17.6 Å². The van der Waals surface area contributed by atoms with Gasteiger partial charge < -0.3 is 5.32 Å². The van der Waals surface area contributed by atoms with E-state index in [0.717, 1.165) is 0 Å². The van der Waals surface area contributed by atoms with E-state index in [-0.39, 0.29) is 10.8 Å². The van der Waals surface area contributed by atoms with Crippen molar-refractivity contribution < 1.29 is 8.42 Å². The first-order chi connectivity index (χ1) is 7.40. The maximum atomic E-state index is 11.0. The number of nitrogens with one attached hydrogen (secondary N) is 2. The number of sulfonamides is 1. The van der Waals surface area contributed by atoms with E-state index in [0.29, 0.717) is 18.7 Å². The molecule has 7 nitrogen and oxygen atoms in total. The number of H-pyrrole nitrogens is 1. The Hall–Kier alpha value is -1.12. The molecule has 0 saturated heterocycles. The predicted octanol–water partition coefficient (Wildman–Crippen LogP) is -0.486. The van der Waals surface area contributed by atoms with E-state index < -0.39 is 15.6 Å². The summed E-state index contributed by atoms with van der Waals surface area (Å²) in [5, 5.41) is 13.3. The highest BCUT2D eigenvalue weighted by Crippen LogP contribution is 2.13. The van der Waals surface area contributed by atoms with Crippen LogP contribution in [0.15, 0.2) is 11.0 Å². The lowest BCUT2D eigenvalue weighted by molar-refractivity contribution is 0.596. The van der Waals surface area contributed by atoms with Crippen LogP contribution >= 0.6 is 11.6 Å². The molecule has 0 fully saturated rings. The summed E-state index contributed by atoms with van der Waals surface area (Å²) < 4.78 is 21.2. The highest BCUT2D eigenvalue weighted by Gasteiger charge is 2.05. The van der Waals surface area contributed by atoms with Crippen LogP contribution in [0.5, 0.6) is 0 Å². The average Bonchev–Trinajstić information content (AvgIpc) is 2.17. The van der Waals surface area contributed by atoms with Crippen LogP contribution < -0.4 is 16.0 Å². The van der Waals surface area contributed by atoms with E-state index in [1.165, 1.54) is 6.20 Å². The Bertz CT molecular complexity index is 513. The van der Waals surface area contributed by atoms with Gasteiger partial charge in [0.25, 0.3) is 5.56 Å². The fourth-order valence-electron chi connectivity index (χ4n) is 1.00. The summed E-state index contributed by atoms with van der Waals surface area (Å²) >= 11 is 5.67. The number of primary sulfonamides is 1. The standard InChI is InChI=1S/C7H11ClN4O3S/c8-6-5(4-11-12-7(6)13)10-2-1-3-16(9,14)15/h4H,1-3H2,(H2,9,14,15)(H2,10,12,13). The molecule has 0 spiro atoms. The van der Waals surface area contributed by atoms with E-state index >= 15 is 0 Å². The van der Waals surface area contributed by atoms with Gasteiger partial charge in [-0.2, -0.15) is 5.10 Å². The second-order valence-electron chi connectivity index (χ2n) is 3.07. The molecule has 0 unspecified atom stereocenters. The fourth-order valence-corrected chi connectivity index (χ4v) is 1.71. The highest BCUT2D eigenvalue weighted by molar-refractivity contribution is 7.89. The number of rotatable bonds is 5. The zero-order chi connectivity index (χ0) is 12.2. The lowest BCUT2D eigenvalue weighted by Crippen LogP contribution is -2.19. The molecule has 0 aliphatic heterocycles. The SMILES string of the molecule is NS(=O)(=O)CCCNc1cn[nH]c(=O)c1Cl. The normalized spacial score (nSPS) is 11.4. The quantitative estimate of drug-likeness (QED) is 0.622. The average molecular weight is 267 g/mol. The Kier molecular flexibility index (Phi) is 4.27. The first-order valence-corrected chi connectivity index (χ1v) is 6.47. The Morgan fingerprint density at radius 2 is 2.25 bits per heavy atom. The van der Waals surface area contributed by atoms with Crippen LogP contribution in [0.1, 0.15) is 6.42 Å². The zero-order valence-corrected chi connectivity index (χ0v) is 9.81. The number of nitrogens with zero attached hydrogens (tertiary/aromatic N) is 1. The number of aromatic amines is 1. The molecule has 0 atom stereocenters. The lowest BCUT2D eigenvalue weighted by Gasteiger charge is -2.05. The van der Waals surface area contributed by atoms with Crippen LogP contribution in [-0.2, 0) is 10.0 Å². The van der Waals surface area contributed by atoms with Gasteiger partial charge >= 0.3 is 0 Å². The second kappa shape index (κ2) is 5.28. The van der Waals surface area contributed by atoms with Crippen LogP contribution in [0.2, 0.25) is 5.02 Å². The van der Waals surface area contributed by atoms with Gasteiger partial charge in [-0.1, -0.05) is 11.6 Å². The number of anilines is 1. The minimum atomic E-state index is -3.45. The van der Waals surface area contributed by atoms with Crippen LogP contribution in [0.3, 0.4) is 0 Å². The van der Waals surface area contributed by atoms with Crippen LogP contribution in [0, 0.1) is 0 Å². The smallest absolute Gasteiger partial charge is 0.285 e. The van der Waals surface area contributed by atoms with E-state index in [1.807, 2.05) is 0 Å². The number of nitrogens with two attached hydrogens (primary N) is 1. The van der Waals surface area contributed by atoms with E-state index in [1.54, 1.807) is 0 Å². The van der Waals surface area contributed by atoms with Crippen LogP contribution in [0.25, 0.3) is 0 Å². The van der Waals surface area contributed by atoms with Crippen molar-refractivity contribution in [2.75, 3.05) is 17.6 Å². The molecule has 1 rings (SSSR count). The molecule has 90 valence electrons. The van der Waals surface area contributed by atoms with Gasteiger partial charge in [0.1, 0.15) is 5.02 Å². The molecule has 1 heterocycles. The van der Waals surface area contributed by atoms with Crippen LogP contribution in [0.4, 0.5) is 5.69 Å². The second-order valence-corrected chi connectivity index (χ2v) is 5.19. The van der Waals surface area contributed by atoms with Crippen molar-refractivity contribution >= 4 is 27.3 Å². The molecule has 0 amide bonds. The Morgan fingerprint density at radius 1 is 1.56 bits per heavy atom. The maximum absolute atomic E-state index is 11.0. The lowest BCUT2D eigenvalue weighted by atomic mass is 10.4. The molecular weight excluding hydrogens is 256 g/mol. The third kappa shape index (κ3) is 4.17. The molecule has 9 heteroatoms. The number of hydrogen-bond donors (Lipinski definition) is 3. The summed E-state index contributed by atoms with van der Waals surface area (Å²) in [5.74, 6) is -0.131. The molecule has 0 radical (unpaired) electrons. The first kappa shape index (κ1) is 12.9. The number of aromatic nitrogens is 2. The van der Waals surface area contributed by atoms with Gasteiger partial charge in [0, 0.05) is 6.54 Å². The van der Waals surface area contributed by atoms with Crippen molar-refractivity contribution in [3.05, 3.63) is 21.6 Å². The molecule has 1 aromatic rings. The minimum absolute atomic E-state index is 0.00870. The molecule has 0 bridgehead atoms. The van der Waals surface area contributed by atoms with Crippen molar-refractivity contribution in [2.45, 2.75) is 6.42 Å². The molecule has 1 aromatic heterocycles. The number of hydrogen-bond acceptors (Lipinski definition) is 5. The van der Waals surface area contributed by atoms with Gasteiger partial charge in [0.2, 0.25) is 10.0 Å². The van der Waals surface area contributed by atoms with Gasteiger partial charge in [-0.15, -0.1) is 0 Å². The van der Waals surface area contributed by atoms with Crippen molar-refractivity contribution in [3.8, 4) is 0 Å². The molecule has 4 N–H and O–H groups in total. The third-order valence-corrected chi connectivity index (χ3v) is 2.95. The van der Waals surface area contributed by atoms with Crippen molar-refractivity contribution in [1.29, 1.82) is 0 Å². The summed E-state index contributed by atoms with van der Waals surface area (Å²) in [6.45, 7) is 0.335. The van der Waals surface area contributed by atoms with Gasteiger partial charge in [-0.25, -0.2) is 18.7 Å². The van der Waals surface area contributed by atoms with Gasteiger partial charge in [0.15, 0.2) is 0 Å². The van der Waals surface area contributed by atoms with E-state index in [4.69, 9.17) is 16.7 Å². The summed E-state index contributed by atoms with van der Waals surface area (Å²) in [5.41, 5.74) is -0.141. The van der Waals surface area contributed by atoms with E-state index in [2.05, 4.69) is 15.5 Å². The largest absolute Gasteiger partial charge is 0.382 e. The van der Waals surface area contributed by atoms with Crippen molar-refractivity contribution in [1.82, 2.24) is 10.2 Å². The highest BCUT2D eigenvalue weighted by atomic mass is 35.5. The van der Waals surface area contributed by atoms with Crippen molar-refractivity contribution in [3.63, 3.8) is 0 Å². The summed E-state index contributed by atoms with van der Waals surface area (Å²) in [7, 11) is -3.45. The van der Waals surface area contributed by atoms with Crippen LogP contribution in [-0.4, -0.2) is 30.9 Å². The Labute approximate surface area is 97.0 Å². The third-order valence-electron chi connectivity index (χ3n) is 1.72. The summed E-state index contributed by atoms with van der Waals surface area (Å²) in [6.07, 6.45) is 1.67.